The van der Waals surface area contributed by atoms with E-state index in [1.54, 1.807) is 24.3 Å². The first-order valence-electron chi connectivity index (χ1n) is 6.46. The lowest BCUT2D eigenvalue weighted by molar-refractivity contribution is 0.469. The number of benzene rings is 1. The van der Waals surface area contributed by atoms with E-state index in [-0.39, 0.29) is 5.54 Å². The maximum absolute atomic E-state index is 12.4. The third-order valence-corrected chi connectivity index (χ3v) is 6.21. The summed E-state index contributed by atoms with van der Waals surface area (Å²) in [4.78, 5) is 0.436. The van der Waals surface area contributed by atoms with Crippen LogP contribution in [0.4, 0.5) is 0 Å². The SMILES string of the molecule is CC1=C(c2ccc(Cl)cc2)S(=O)(=O)NC12CCCC2. The average Bonchev–Trinajstić information content (AvgIpc) is 2.87. The van der Waals surface area contributed by atoms with Crippen LogP contribution in [-0.2, 0) is 10.0 Å². The zero-order valence-electron chi connectivity index (χ0n) is 10.7. The first kappa shape index (κ1) is 13.2. The molecule has 102 valence electrons. The molecule has 1 N–H and O–H groups in total. The van der Waals surface area contributed by atoms with Crippen molar-refractivity contribution in [1.82, 2.24) is 4.72 Å². The summed E-state index contributed by atoms with van der Waals surface area (Å²) < 4.78 is 27.7. The Labute approximate surface area is 118 Å². The highest BCUT2D eigenvalue weighted by Crippen LogP contribution is 2.46. The summed E-state index contributed by atoms with van der Waals surface area (Å²) in [6.07, 6.45) is 3.95. The van der Waals surface area contributed by atoms with Gasteiger partial charge in [-0.2, -0.15) is 0 Å². The molecule has 1 spiro atoms. The average molecular weight is 298 g/mol. The summed E-state index contributed by atoms with van der Waals surface area (Å²) in [5.41, 5.74) is 1.33. The van der Waals surface area contributed by atoms with E-state index in [1.807, 2.05) is 6.92 Å². The van der Waals surface area contributed by atoms with Crippen LogP contribution in [0.1, 0.15) is 38.2 Å². The molecule has 1 heterocycles. The van der Waals surface area contributed by atoms with Crippen LogP contribution in [0, 0.1) is 0 Å². The van der Waals surface area contributed by atoms with Gasteiger partial charge in [-0.1, -0.05) is 36.6 Å². The van der Waals surface area contributed by atoms with Gasteiger partial charge >= 0.3 is 0 Å². The Kier molecular flexibility index (Phi) is 3.00. The standard InChI is InChI=1S/C14H16ClNO2S/c1-10-13(11-4-6-12(15)7-5-11)19(17,18)16-14(10)8-2-3-9-14/h4-7,16H,2-3,8-9H2,1H3. The fourth-order valence-electron chi connectivity index (χ4n) is 3.23. The van der Waals surface area contributed by atoms with Crippen molar-refractivity contribution in [1.29, 1.82) is 0 Å². The van der Waals surface area contributed by atoms with E-state index in [1.165, 1.54) is 0 Å². The van der Waals surface area contributed by atoms with Gasteiger partial charge in [-0.25, -0.2) is 13.1 Å². The third kappa shape index (κ3) is 2.02. The molecule has 1 aromatic carbocycles. The minimum atomic E-state index is -3.41. The number of rotatable bonds is 1. The Morgan fingerprint density at radius 2 is 1.74 bits per heavy atom. The first-order valence-corrected chi connectivity index (χ1v) is 8.32. The molecule has 0 unspecified atom stereocenters. The van der Waals surface area contributed by atoms with E-state index in [2.05, 4.69) is 4.72 Å². The van der Waals surface area contributed by atoms with E-state index < -0.39 is 10.0 Å². The Balaban J connectivity index is 2.16. The molecule has 0 atom stereocenters. The van der Waals surface area contributed by atoms with Gasteiger partial charge in [-0.3, -0.25) is 0 Å². The lowest BCUT2D eigenvalue weighted by Gasteiger charge is -2.23. The smallest absolute Gasteiger partial charge is 0.207 e. The lowest BCUT2D eigenvalue weighted by Crippen LogP contribution is -2.41. The normalized spacial score (nSPS) is 24.3. The summed E-state index contributed by atoms with van der Waals surface area (Å²) in [7, 11) is -3.41. The van der Waals surface area contributed by atoms with Gasteiger partial charge in [0.1, 0.15) is 0 Å². The van der Waals surface area contributed by atoms with Crippen LogP contribution in [0.25, 0.3) is 4.91 Å². The Morgan fingerprint density at radius 1 is 1.16 bits per heavy atom. The molecule has 1 aliphatic carbocycles. The van der Waals surface area contributed by atoms with Crippen molar-refractivity contribution < 1.29 is 8.42 Å². The quantitative estimate of drug-likeness (QED) is 0.864. The molecule has 1 fully saturated rings. The van der Waals surface area contributed by atoms with Crippen LogP contribution < -0.4 is 4.72 Å². The monoisotopic (exact) mass is 297 g/mol. The summed E-state index contributed by atoms with van der Waals surface area (Å²) in [5.74, 6) is 0. The molecular weight excluding hydrogens is 282 g/mol. The largest absolute Gasteiger partial charge is 0.241 e. The minimum Gasteiger partial charge on any atom is -0.207 e. The minimum absolute atomic E-state index is 0.339. The van der Waals surface area contributed by atoms with E-state index in [4.69, 9.17) is 11.6 Å². The van der Waals surface area contributed by atoms with E-state index in [0.717, 1.165) is 36.8 Å². The van der Waals surface area contributed by atoms with Crippen LogP contribution in [0.3, 0.4) is 0 Å². The third-order valence-electron chi connectivity index (χ3n) is 4.22. The molecule has 3 rings (SSSR count). The predicted molar refractivity (Wildman–Crippen MR) is 77.3 cm³/mol. The van der Waals surface area contributed by atoms with Crippen molar-refractivity contribution in [2.24, 2.45) is 0 Å². The number of halogens is 1. The Hall–Kier alpha value is -0.840. The second kappa shape index (κ2) is 4.33. The molecule has 1 aromatic rings. The highest BCUT2D eigenvalue weighted by Gasteiger charge is 2.48. The van der Waals surface area contributed by atoms with Crippen LogP contribution >= 0.6 is 11.6 Å². The van der Waals surface area contributed by atoms with Gasteiger partial charge in [-0.15, -0.1) is 0 Å². The lowest BCUT2D eigenvalue weighted by atomic mass is 9.89. The number of hydrogen-bond donors (Lipinski definition) is 1. The zero-order chi connectivity index (χ0) is 13.7. The fourth-order valence-corrected chi connectivity index (χ4v) is 5.38. The Bertz CT molecular complexity index is 641. The fraction of sp³-hybridized carbons (Fsp3) is 0.429. The highest BCUT2D eigenvalue weighted by molar-refractivity contribution is 7.99. The van der Waals surface area contributed by atoms with Gasteiger partial charge in [0, 0.05) is 5.02 Å². The van der Waals surface area contributed by atoms with Gasteiger partial charge in [0.2, 0.25) is 10.0 Å². The molecule has 1 aliphatic heterocycles. The maximum Gasteiger partial charge on any atom is 0.241 e. The molecule has 3 nitrogen and oxygen atoms in total. The van der Waals surface area contributed by atoms with Crippen molar-refractivity contribution in [3.05, 3.63) is 40.4 Å². The Morgan fingerprint density at radius 3 is 2.32 bits per heavy atom. The van der Waals surface area contributed by atoms with Gasteiger partial charge in [0.15, 0.2) is 0 Å². The molecule has 0 bridgehead atoms. The van der Waals surface area contributed by atoms with Gasteiger partial charge in [-0.05, 0) is 43.0 Å². The van der Waals surface area contributed by atoms with Crippen molar-refractivity contribution in [2.45, 2.75) is 38.1 Å². The van der Waals surface area contributed by atoms with Gasteiger partial charge < -0.3 is 0 Å². The number of sulfonamides is 1. The summed E-state index contributed by atoms with van der Waals surface area (Å²) in [5, 5.41) is 0.612. The molecule has 19 heavy (non-hydrogen) atoms. The van der Waals surface area contributed by atoms with E-state index >= 15 is 0 Å². The van der Waals surface area contributed by atoms with Crippen molar-refractivity contribution in [2.75, 3.05) is 0 Å². The molecule has 5 heteroatoms. The summed E-state index contributed by atoms with van der Waals surface area (Å²) >= 11 is 5.87. The summed E-state index contributed by atoms with van der Waals surface area (Å²) in [6, 6.07) is 7.00. The van der Waals surface area contributed by atoms with Crippen LogP contribution in [0.2, 0.25) is 5.02 Å². The van der Waals surface area contributed by atoms with Gasteiger partial charge in [0.25, 0.3) is 0 Å². The molecule has 1 saturated carbocycles. The topological polar surface area (TPSA) is 46.2 Å². The number of nitrogens with one attached hydrogen (secondary N) is 1. The maximum atomic E-state index is 12.4. The molecule has 0 aromatic heterocycles. The van der Waals surface area contributed by atoms with E-state index in [9.17, 15) is 8.42 Å². The van der Waals surface area contributed by atoms with Crippen LogP contribution in [0.15, 0.2) is 29.8 Å². The van der Waals surface area contributed by atoms with Crippen LogP contribution in [0.5, 0.6) is 0 Å². The van der Waals surface area contributed by atoms with Crippen molar-refractivity contribution in [3.8, 4) is 0 Å². The van der Waals surface area contributed by atoms with Gasteiger partial charge in [0.05, 0.1) is 10.4 Å². The molecule has 0 amide bonds. The van der Waals surface area contributed by atoms with Crippen molar-refractivity contribution >= 4 is 26.5 Å². The van der Waals surface area contributed by atoms with E-state index in [0.29, 0.717) is 9.93 Å². The second-order valence-electron chi connectivity index (χ2n) is 5.36. The zero-order valence-corrected chi connectivity index (χ0v) is 12.3. The molecule has 0 saturated heterocycles. The molecule has 0 radical (unpaired) electrons. The molecule has 2 aliphatic rings. The number of hydrogen-bond acceptors (Lipinski definition) is 2. The van der Waals surface area contributed by atoms with Crippen LogP contribution in [-0.4, -0.2) is 14.0 Å². The van der Waals surface area contributed by atoms with Crippen molar-refractivity contribution in [3.63, 3.8) is 0 Å². The summed E-state index contributed by atoms with van der Waals surface area (Å²) in [6.45, 7) is 1.94. The predicted octanol–water partition coefficient (Wildman–Crippen LogP) is 3.32. The second-order valence-corrected chi connectivity index (χ2v) is 7.41. The first-order chi connectivity index (χ1) is 8.95. The highest BCUT2D eigenvalue weighted by atomic mass is 35.5. The molecular formula is C14H16ClNO2S.